The van der Waals surface area contributed by atoms with Crippen molar-refractivity contribution >= 4 is 21.9 Å². The number of para-hydroxylation sites is 1. The van der Waals surface area contributed by atoms with Crippen molar-refractivity contribution in [3.05, 3.63) is 102 Å². The second kappa shape index (κ2) is 6.65. The molecule has 1 unspecified atom stereocenters. The first kappa shape index (κ1) is 16.8. The number of rotatable bonds is 3. The SMILES string of the molecule is Cc1ccc(-c2ccc(C(C)c3ccccc3)cn2)c2oc3ccccc3c12. The Hall–Kier alpha value is -3.39. The van der Waals surface area contributed by atoms with Crippen molar-refractivity contribution in [1.29, 1.82) is 0 Å². The van der Waals surface area contributed by atoms with Gasteiger partial charge in [-0.2, -0.15) is 0 Å². The molecule has 2 heteroatoms. The van der Waals surface area contributed by atoms with Crippen LogP contribution >= 0.6 is 0 Å². The van der Waals surface area contributed by atoms with Gasteiger partial charge in [0.1, 0.15) is 11.2 Å². The van der Waals surface area contributed by atoms with Gasteiger partial charge >= 0.3 is 0 Å². The lowest BCUT2D eigenvalue weighted by Gasteiger charge is -2.12. The van der Waals surface area contributed by atoms with Gasteiger partial charge in [-0.15, -0.1) is 0 Å². The van der Waals surface area contributed by atoms with Crippen molar-refractivity contribution in [2.75, 3.05) is 0 Å². The fourth-order valence-corrected chi connectivity index (χ4v) is 3.95. The summed E-state index contributed by atoms with van der Waals surface area (Å²) in [5.41, 5.74) is 7.54. The predicted octanol–water partition coefficient (Wildman–Crippen LogP) is 7.11. The second-order valence-corrected chi connectivity index (χ2v) is 7.34. The molecule has 0 saturated carbocycles. The molecule has 1 atom stereocenters. The van der Waals surface area contributed by atoms with Gasteiger partial charge < -0.3 is 4.42 Å². The average molecular weight is 363 g/mol. The summed E-state index contributed by atoms with van der Waals surface area (Å²) >= 11 is 0. The summed E-state index contributed by atoms with van der Waals surface area (Å²) < 4.78 is 6.23. The Morgan fingerprint density at radius 1 is 0.786 bits per heavy atom. The Bertz CT molecular complexity index is 1270. The standard InChI is InChI=1S/C26H21NO/c1-17-12-14-21(26-25(17)22-10-6-7-11-24(22)28-26)23-15-13-20(16-27-23)18(2)19-8-4-3-5-9-19/h3-16,18H,1-2H3. The van der Waals surface area contributed by atoms with E-state index in [0.29, 0.717) is 5.92 Å². The highest BCUT2D eigenvalue weighted by Gasteiger charge is 2.15. The van der Waals surface area contributed by atoms with Crippen molar-refractivity contribution in [2.45, 2.75) is 19.8 Å². The lowest BCUT2D eigenvalue weighted by molar-refractivity contribution is 0.669. The van der Waals surface area contributed by atoms with Gasteiger partial charge in [-0.05, 0) is 41.8 Å². The fraction of sp³-hybridized carbons (Fsp3) is 0.115. The molecule has 3 aromatic carbocycles. The molecule has 5 rings (SSSR count). The molecule has 136 valence electrons. The molecule has 2 aromatic heterocycles. The van der Waals surface area contributed by atoms with Gasteiger partial charge in [-0.3, -0.25) is 4.98 Å². The summed E-state index contributed by atoms with van der Waals surface area (Å²) in [6, 6.07) is 27.3. The number of benzene rings is 3. The summed E-state index contributed by atoms with van der Waals surface area (Å²) in [6.07, 6.45) is 1.99. The number of furan rings is 1. The molecule has 0 aliphatic heterocycles. The van der Waals surface area contributed by atoms with Crippen molar-refractivity contribution in [3.8, 4) is 11.3 Å². The van der Waals surface area contributed by atoms with Gasteiger partial charge in [0.25, 0.3) is 0 Å². The van der Waals surface area contributed by atoms with Crippen molar-refractivity contribution in [1.82, 2.24) is 4.98 Å². The number of pyridine rings is 1. The van der Waals surface area contributed by atoms with Gasteiger partial charge in [0.2, 0.25) is 0 Å². The number of fused-ring (bicyclic) bond motifs is 3. The van der Waals surface area contributed by atoms with Gasteiger partial charge in [0.05, 0.1) is 5.69 Å². The summed E-state index contributed by atoms with van der Waals surface area (Å²) in [6.45, 7) is 4.35. The van der Waals surface area contributed by atoms with Crippen LogP contribution in [-0.2, 0) is 0 Å². The molecule has 0 saturated heterocycles. The highest BCUT2D eigenvalue weighted by Crippen LogP contribution is 2.37. The zero-order valence-electron chi connectivity index (χ0n) is 16.0. The maximum Gasteiger partial charge on any atom is 0.145 e. The Morgan fingerprint density at radius 2 is 1.57 bits per heavy atom. The lowest BCUT2D eigenvalue weighted by atomic mass is 9.94. The van der Waals surface area contributed by atoms with Crippen LogP contribution < -0.4 is 0 Å². The van der Waals surface area contributed by atoms with E-state index in [4.69, 9.17) is 9.40 Å². The smallest absolute Gasteiger partial charge is 0.145 e. The third kappa shape index (κ3) is 2.69. The monoisotopic (exact) mass is 363 g/mol. The van der Waals surface area contributed by atoms with Crippen LogP contribution in [-0.4, -0.2) is 4.98 Å². The Labute approximate surface area is 164 Å². The third-order valence-corrected chi connectivity index (χ3v) is 5.60. The molecule has 0 bridgehead atoms. The average Bonchev–Trinajstić information content (AvgIpc) is 3.15. The van der Waals surface area contributed by atoms with Crippen LogP contribution in [0.5, 0.6) is 0 Å². The van der Waals surface area contributed by atoms with Crippen LogP contribution in [0.4, 0.5) is 0 Å². The quantitative estimate of drug-likeness (QED) is 0.341. The molecule has 0 amide bonds. The molecule has 0 aliphatic carbocycles. The second-order valence-electron chi connectivity index (χ2n) is 7.34. The number of hydrogen-bond donors (Lipinski definition) is 0. The maximum absolute atomic E-state index is 6.23. The van der Waals surface area contributed by atoms with E-state index in [1.807, 2.05) is 24.4 Å². The lowest BCUT2D eigenvalue weighted by Crippen LogP contribution is -1.97. The number of nitrogens with zero attached hydrogens (tertiary/aromatic N) is 1. The molecule has 0 N–H and O–H groups in total. The first-order valence-electron chi connectivity index (χ1n) is 9.64. The van der Waals surface area contributed by atoms with Gasteiger partial charge in [-0.1, -0.05) is 67.6 Å². The molecular formula is C26H21NO. The Balaban J connectivity index is 1.60. The zero-order valence-corrected chi connectivity index (χ0v) is 16.0. The van der Waals surface area contributed by atoms with Crippen LogP contribution in [0.25, 0.3) is 33.2 Å². The fourth-order valence-electron chi connectivity index (χ4n) is 3.95. The highest BCUT2D eigenvalue weighted by molar-refractivity contribution is 6.10. The molecule has 0 spiro atoms. The van der Waals surface area contributed by atoms with E-state index in [1.54, 1.807) is 0 Å². The normalized spacial score (nSPS) is 12.5. The van der Waals surface area contributed by atoms with Crippen molar-refractivity contribution in [2.24, 2.45) is 0 Å². The first-order chi connectivity index (χ1) is 13.7. The van der Waals surface area contributed by atoms with Gasteiger partial charge in [0.15, 0.2) is 0 Å². The summed E-state index contributed by atoms with van der Waals surface area (Å²) in [4.78, 5) is 4.79. The zero-order chi connectivity index (χ0) is 19.1. The topological polar surface area (TPSA) is 26.0 Å². The number of aryl methyl sites for hydroxylation is 1. The van der Waals surface area contributed by atoms with Crippen molar-refractivity contribution in [3.63, 3.8) is 0 Å². The molecular weight excluding hydrogens is 342 g/mol. The van der Waals surface area contributed by atoms with Gasteiger partial charge in [0, 0.05) is 28.5 Å². The Kier molecular flexibility index (Phi) is 3.98. The summed E-state index contributed by atoms with van der Waals surface area (Å²) in [7, 11) is 0. The van der Waals surface area contributed by atoms with Crippen LogP contribution in [0, 0.1) is 6.92 Å². The molecule has 2 nitrogen and oxygen atoms in total. The van der Waals surface area contributed by atoms with E-state index in [2.05, 4.69) is 74.5 Å². The molecule has 5 aromatic rings. The minimum absolute atomic E-state index is 0.312. The highest BCUT2D eigenvalue weighted by atomic mass is 16.3. The Morgan fingerprint density at radius 3 is 2.36 bits per heavy atom. The molecule has 28 heavy (non-hydrogen) atoms. The van der Waals surface area contributed by atoms with Gasteiger partial charge in [-0.25, -0.2) is 0 Å². The first-order valence-corrected chi connectivity index (χ1v) is 9.64. The molecule has 0 aliphatic rings. The van der Waals surface area contributed by atoms with Crippen LogP contribution in [0.1, 0.15) is 29.5 Å². The van der Waals surface area contributed by atoms with E-state index >= 15 is 0 Å². The van der Waals surface area contributed by atoms with E-state index in [-0.39, 0.29) is 0 Å². The summed E-state index contributed by atoms with van der Waals surface area (Å²) in [5, 5.41) is 2.34. The molecule has 0 radical (unpaired) electrons. The predicted molar refractivity (Wildman–Crippen MR) is 116 cm³/mol. The number of hydrogen-bond acceptors (Lipinski definition) is 2. The van der Waals surface area contributed by atoms with E-state index < -0.39 is 0 Å². The van der Waals surface area contributed by atoms with E-state index in [0.717, 1.165) is 27.8 Å². The number of aromatic nitrogens is 1. The molecule has 0 fully saturated rings. The van der Waals surface area contributed by atoms with E-state index in [1.165, 1.54) is 22.1 Å². The van der Waals surface area contributed by atoms with Crippen LogP contribution in [0.15, 0.2) is 89.5 Å². The largest absolute Gasteiger partial charge is 0.455 e. The van der Waals surface area contributed by atoms with Crippen LogP contribution in [0.2, 0.25) is 0 Å². The van der Waals surface area contributed by atoms with Crippen LogP contribution in [0.3, 0.4) is 0 Å². The van der Waals surface area contributed by atoms with Crippen molar-refractivity contribution < 1.29 is 4.42 Å². The minimum Gasteiger partial charge on any atom is -0.455 e. The molecule has 2 heterocycles. The third-order valence-electron chi connectivity index (χ3n) is 5.60. The minimum atomic E-state index is 0.312. The maximum atomic E-state index is 6.23. The van der Waals surface area contributed by atoms with E-state index in [9.17, 15) is 0 Å². The summed E-state index contributed by atoms with van der Waals surface area (Å²) in [5.74, 6) is 0.312.